The van der Waals surface area contributed by atoms with Crippen LogP contribution in [0.4, 0.5) is 5.69 Å². The van der Waals surface area contributed by atoms with E-state index in [2.05, 4.69) is 13.8 Å². The lowest BCUT2D eigenvalue weighted by Crippen LogP contribution is -2.30. The van der Waals surface area contributed by atoms with Crippen LogP contribution in [0.3, 0.4) is 0 Å². The van der Waals surface area contributed by atoms with Gasteiger partial charge in [-0.2, -0.15) is 0 Å². The van der Waals surface area contributed by atoms with Gasteiger partial charge >= 0.3 is 0 Å². The molecule has 4 rings (SSSR count). The predicted molar refractivity (Wildman–Crippen MR) is 145 cm³/mol. The Bertz CT molecular complexity index is 1390. The smallest absolute Gasteiger partial charge is 0.300 e. The number of aliphatic hydroxyl groups is 1. The average molecular weight is 500 g/mol. The van der Waals surface area contributed by atoms with Crippen molar-refractivity contribution in [1.82, 2.24) is 0 Å². The highest BCUT2D eigenvalue weighted by molar-refractivity contribution is 6.51. The van der Waals surface area contributed by atoms with Gasteiger partial charge in [-0.1, -0.05) is 38.1 Å². The van der Waals surface area contributed by atoms with Crippen molar-refractivity contribution in [2.45, 2.75) is 40.7 Å². The lowest BCUT2D eigenvalue weighted by molar-refractivity contribution is -0.132. The molecule has 6 nitrogen and oxygen atoms in total. The van der Waals surface area contributed by atoms with Crippen molar-refractivity contribution in [3.8, 4) is 11.5 Å². The quantitative estimate of drug-likeness (QED) is 0.235. The summed E-state index contributed by atoms with van der Waals surface area (Å²) in [5.41, 5.74) is 4.40. The molecule has 1 heterocycles. The van der Waals surface area contributed by atoms with Crippen molar-refractivity contribution >= 4 is 23.1 Å². The van der Waals surface area contributed by atoms with Crippen molar-refractivity contribution in [3.63, 3.8) is 0 Å². The second-order valence-corrected chi connectivity index (χ2v) is 9.92. The minimum absolute atomic E-state index is 0.0365. The van der Waals surface area contributed by atoms with E-state index < -0.39 is 17.7 Å². The molecule has 6 heteroatoms. The Morgan fingerprint density at radius 2 is 1.73 bits per heavy atom. The number of hydrogen-bond donors (Lipinski definition) is 1. The van der Waals surface area contributed by atoms with Crippen molar-refractivity contribution < 1.29 is 24.2 Å². The van der Waals surface area contributed by atoms with E-state index in [4.69, 9.17) is 9.47 Å². The number of methoxy groups -OCH3 is 1. The molecule has 1 fully saturated rings. The Kier molecular flexibility index (Phi) is 7.39. The first-order chi connectivity index (χ1) is 17.6. The Morgan fingerprint density at radius 1 is 0.973 bits per heavy atom. The van der Waals surface area contributed by atoms with Gasteiger partial charge in [-0.05, 0) is 85.3 Å². The summed E-state index contributed by atoms with van der Waals surface area (Å²) in [5, 5.41) is 11.5. The first-order valence-electron chi connectivity index (χ1n) is 12.4. The number of carbonyl (C=O) groups excluding carboxylic acids is 2. The first kappa shape index (κ1) is 26.0. The van der Waals surface area contributed by atoms with Crippen LogP contribution in [-0.4, -0.2) is 30.5 Å². The fourth-order valence-electron chi connectivity index (χ4n) is 4.56. The van der Waals surface area contributed by atoms with E-state index in [-0.39, 0.29) is 11.3 Å². The number of benzene rings is 3. The van der Waals surface area contributed by atoms with E-state index in [0.717, 1.165) is 16.7 Å². The minimum atomic E-state index is -0.826. The zero-order chi connectivity index (χ0) is 26.9. The van der Waals surface area contributed by atoms with Gasteiger partial charge in [0.15, 0.2) is 0 Å². The molecule has 0 bridgehead atoms. The van der Waals surface area contributed by atoms with Crippen LogP contribution >= 0.6 is 0 Å². The number of anilines is 1. The summed E-state index contributed by atoms with van der Waals surface area (Å²) in [6.07, 6.45) is 0. The van der Waals surface area contributed by atoms with E-state index in [0.29, 0.717) is 40.8 Å². The van der Waals surface area contributed by atoms with Crippen LogP contribution in [0.5, 0.6) is 11.5 Å². The number of carbonyl (C=O) groups is 2. The Labute approximate surface area is 218 Å². The van der Waals surface area contributed by atoms with Crippen LogP contribution in [0.25, 0.3) is 5.76 Å². The minimum Gasteiger partial charge on any atom is -0.507 e. The van der Waals surface area contributed by atoms with Crippen LogP contribution in [0.1, 0.15) is 47.7 Å². The standard InChI is InChI=1S/C31H33NO5/c1-18(2)17-37-26-13-12-23(15-21(26)5)29(33)27-28(22-8-7-9-24(16-22)36-6)32(31(35)30(27)34)25-14-19(3)10-11-20(25)4/h7-16,18,28,33H,17H2,1-6H3/b29-27-. The maximum Gasteiger partial charge on any atom is 0.300 e. The molecule has 3 aromatic carbocycles. The number of aryl methyl sites for hydroxylation is 3. The number of nitrogens with zero attached hydrogens (tertiary/aromatic N) is 1. The van der Waals surface area contributed by atoms with Crippen LogP contribution in [0, 0.1) is 26.7 Å². The normalized spacial score (nSPS) is 16.9. The summed E-state index contributed by atoms with van der Waals surface area (Å²) >= 11 is 0. The largest absolute Gasteiger partial charge is 0.507 e. The number of amides is 1. The fourth-order valence-corrected chi connectivity index (χ4v) is 4.56. The van der Waals surface area contributed by atoms with Crippen molar-refractivity contribution in [1.29, 1.82) is 0 Å². The maximum atomic E-state index is 13.5. The zero-order valence-electron chi connectivity index (χ0n) is 22.2. The molecule has 0 aliphatic carbocycles. The predicted octanol–water partition coefficient (Wildman–Crippen LogP) is 6.28. The third-order valence-corrected chi connectivity index (χ3v) is 6.50. The summed E-state index contributed by atoms with van der Waals surface area (Å²) in [6.45, 7) is 10.4. The monoisotopic (exact) mass is 499 g/mol. The third kappa shape index (κ3) is 5.10. The lowest BCUT2D eigenvalue weighted by Gasteiger charge is -2.27. The molecule has 1 amide bonds. The van der Waals surface area contributed by atoms with Crippen molar-refractivity contribution in [2.24, 2.45) is 5.92 Å². The summed E-state index contributed by atoms with van der Waals surface area (Å²) < 4.78 is 11.3. The highest BCUT2D eigenvalue weighted by Crippen LogP contribution is 2.44. The van der Waals surface area contributed by atoms with Gasteiger partial charge in [0.05, 0.1) is 25.3 Å². The molecule has 192 valence electrons. The maximum absolute atomic E-state index is 13.5. The Hall–Kier alpha value is -4.06. The van der Waals surface area contributed by atoms with Crippen molar-refractivity contribution in [2.75, 3.05) is 18.6 Å². The molecule has 0 spiro atoms. The summed E-state index contributed by atoms with van der Waals surface area (Å²) in [5.74, 6) is 0.0339. The Balaban J connectivity index is 1.90. The molecule has 1 atom stereocenters. The number of Topliss-reactive ketones (excluding diaryl/α,β-unsaturated/α-hetero) is 1. The molecule has 0 aromatic heterocycles. The number of aliphatic hydroxyl groups excluding tert-OH is 1. The molecule has 0 saturated carbocycles. The fraction of sp³-hybridized carbons (Fsp3) is 0.290. The van der Waals surface area contributed by atoms with E-state index in [1.165, 1.54) is 4.90 Å². The molecular formula is C31H33NO5. The number of ketones is 1. The Morgan fingerprint density at radius 3 is 2.41 bits per heavy atom. The van der Waals surface area contributed by atoms with E-state index in [9.17, 15) is 14.7 Å². The first-order valence-corrected chi connectivity index (χ1v) is 12.4. The molecule has 1 aliphatic rings. The molecule has 1 saturated heterocycles. The van der Waals surface area contributed by atoms with Crippen LogP contribution in [0.2, 0.25) is 0 Å². The van der Waals surface area contributed by atoms with Gasteiger partial charge in [-0.15, -0.1) is 0 Å². The van der Waals surface area contributed by atoms with Crippen LogP contribution in [-0.2, 0) is 9.59 Å². The average Bonchev–Trinajstić information content (AvgIpc) is 3.14. The van der Waals surface area contributed by atoms with Gasteiger partial charge in [0, 0.05) is 11.3 Å². The molecule has 1 aliphatic heterocycles. The van der Waals surface area contributed by atoms with Gasteiger partial charge in [0.2, 0.25) is 0 Å². The van der Waals surface area contributed by atoms with Crippen LogP contribution in [0.15, 0.2) is 66.2 Å². The number of rotatable bonds is 7. The SMILES string of the molecule is COc1cccc(C2/C(=C(/O)c3ccc(OCC(C)C)c(C)c3)C(=O)C(=O)N2c2cc(C)ccc2C)c1. The van der Waals surface area contributed by atoms with Gasteiger partial charge in [-0.25, -0.2) is 0 Å². The van der Waals surface area contributed by atoms with Crippen molar-refractivity contribution in [3.05, 3.63) is 94.1 Å². The third-order valence-electron chi connectivity index (χ3n) is 6.50. The molecule has 1 N–H and O–H groups in total. The van der Waals surface area contributed by atoms with E-state index in [1.54, 1.807) is 37.4 Å². The van der Waals surface area contributed by atoms with Gasteiger partial charge in [0.25, 0.3) is 11.7 Å². The van der Waals surface area contributed by atoms with Gasteiger partial charge in [0.1, 0.15) is 17.3 Å². The molecule has 37 heavy (non-hydrogen) atoms. The topological polar surface area (TPSA) is 76.1 Å². The summed E-state index contributed by atoms with van der Waals surface area (Å²) in [4.78, 5) is 28.5. The molecule has 1 unspecified atom stereocenters. The highest BCUT2D eigenvalue weighted by atomic mass is 16.5. The molecular weight excluding hydrogens is 466 g/mol. The highest BCUT2D eigenvalue weighted by Gasteiger charge is 2.47. The number of ether oxygens (including phenoxy) is 2. The lowest BCUT2D eigenvalue weighted by atomic mass is 9.94. The van der Waals surface area contributed by atoms with Crippen LogP contribution < -0.4 is 14.4 Å². The second-order valence-electron chi connectivity index (χ2n) is 9.92. The summed E-state index contributed by atoms with van der Waals surface area (Å²) in [7, 11) is 1.56. The number of hydrogen-bond acceptors (Lipinski definition) is 5. The zero-order valence-corrected chi connectivity index (χ0v) is 22.2. The summed E-state index contributed by atoms with van der Waals surface area (Å²) in [6, 6.07) is 17.4. The van der Waals surface area contributed by atoms with Gasteiger partial charge < -0.3 is 14.6 Å². The van der Waals surface area contributed by atoms with E-state index in [1.807, 2.05) is 51.1 Å². The van der Waals surface area contributed by atoms with Gasteiger partial charge in [-0.3, -0.25) is 14.5 Å². The second kappa shape index (κ2) is 10.5. The molecule has 0 radical (unpaired) electrons. The van der Waals surface area contributed by atoms with E-state index >= 15 is 0 Å². The molecule has 3 aromatic rings.